The fraction of sp³-hybridized carbons (Fsp3) is 0.293. The molecule has 0 radical (unpaired) electrons. The third-order valence-electron chi connectivity index (χ3n) is 23.3. The minimum atomic E-state index is -1.17. The van der Waals surface area contributed by atoms with E-state index in [-0.39, 0.29) is 23.4 Å². The molecule has 6 aromatic heterocycles. The molecule has 0 saturated carbocycles. The van der Waals surface area contributed by atoms with Crippen molar-refractivity contribution >= 4 is 127 Å². The Kier molecular flexibility index (Phi) is 28.5. The van der Waals surface area contributed by atoms with Gasteiger partial charge in [0.05, 0.1) is 48.8 Å². The zero-order chi connectivity index (χ0) is 89.8. The highest BCUT2D eigenvalue weighted by molar-refractivity contribution is 6.36. The van der Waals surface area contributed by atoms with Gasteiger partial charge in [-0.15, -0.1) is 0 Å². The molecule has 12 aromatic rings. The zero-order valence-corrected chi connectivity index (χ0v) is 77.7. The molecule has 6 heterocycles. The zero-order valence-electron chi connectivity index (χ0n) is 73.2. The number of rotatable bonds is 25. The van der Waals surface area contributed by atoms with Gasteiger partial charge in [-0.25, -0.2) is 14.8 Å². The first kappa shape index (κ1) is 91.3. The molecule has 0 saturated heterocycles. The molecular formula is C99H100Cl6N12O8. The lowest BCUT2D eigenvalue weighted by Crippen LogP contribution is -2.16. The highest BCUT2D eigenvalue weighted by Crippen LogP contribution is 2.50. The maximum atomic E-state index is 13.8. The Morgan fingerprint density at radius 3 is 1.10 bits per heavy atom. The van der Waals surface area contributed by atoms with Crippen molar-refractivity contribution in [2.45, 2.75) is 155 Å². The van der Waals surface area contributed by atoms with Crippen LogP contribution in [0.1, 0.15) is 161 Å². The lowest BCUT2D eigenvalue weighted by Gasteiger charge is -2.14. The summed E-state index contributed by atoms with van der Waals surface area (Å²) in [5.41, 5.74) is 31.2. The number of hydrogen-bond donors (Lipinski definition) is 4. The van der Waals surface area contributed by atoms with E-state index < -0.39 is 5.97 Å². The van der Waals surface area contributed by atoms with E-state index in [1.165, 1.54) is 12.3 Å². The number of nitrogens with one attached hydrogen (secondary N) is 3. The number of carbonyl (C=O) groups excluding carboxylic acids is 3. The molecule has 3 aliphatic carbocycles. The molecule has 125 heavy (non-hydrogen) atoms. The molecule has 15 rings (SSSR count). The number of carbonyl (C=O) groups is 4. The van der Waals surface area contributed by atoms with Crippen molar-refractivity contribution in [3.05, 3.63) is 293 Å². The number of amides is 3. The minimum absolute atomic E-state index is 0.129. The molecule has 20 nitrogen and oxygen atoms in total. The Balaban J connectivity index is 0.000000161. The van der Waals surface area contributed by atoms with E-state index in [0.29, 0.717) is 103 Å². The van der Waals surface area contributed by atoms with Crippen molar-refractivity contribution in [3.63, 3.8) is 0 Å². The van der Waals surface area contributed by atoms with Gasteiger partial charge in [-0.05, 0) is 309 Å². The predicted octanol–water partition coefficient (Wildman–Crippen LogP) is 23.8. The molecule has 0 bridgehead atoms. The number of carboxylic acid groups (broad SMARTS) is 1. The predicted molar refractivity (Wildman–Crippen MR) is 503 cm³/mol. The summed E-state index contributed by atoms with van der Waals surface area (Å²) in [5, 5.41) is 36.3. The van der Waals surface area contributed by atoms with Gasteiger partial charge in [-0.3, -0.25) is 33.4 Å². The number of aromatic carboxylic acids is 1. The first-order valence-corrected chi connectivity index (χ1v) is 43.6. The number of hydrogen-bond acceptors (Lipinski definition) is 13. The fourth-order valence-corrected chi connectivity index (χ4v) is 18.2. The van der Waals surface area contributed by atoms with Gasteiger partial charge in [0.1, 0.15) is 28.8 Å². The number of pyridine rings is 3. The average Bonchev–Trinajstić information content (AvgIpc) is 1.60. The molecule has 3 amide bonds. The van der Waals surface area contributed by atoms with Crippen molar-refractivity contribution in [1.82, 2.24) is 44.3 Å². The number of allylic oxidation sites excluding steroid dienone is 3. The minimum Gasteiger partial charge on any atom is -0.494 e. The van der Waals surface area contributed by atoms with Crippen molar-refractivity contribution in [3.8, 4) is 50.6 Å². The number of fused-ring (bicyclic) bond motifs is 3. The second-order valence-corrected chi connectivity index (χ2v) is 34.6. The van der Waals surface area contributed by atoms with Gasteiger partial charge in [-0.1, -0.05) is 93.9 Å². The number of aromatic nitrogens is 9. The number of nitrogens with zero attached hydrogens (tertiary/aromatic N) is 9. The van der Waals surface area contributed by atoms with E-state index >= 15 is 0 Å². The molecule has 6 aromatic carbocycles. The molecule has 0 atom stereocenters. The van der Waals surface area contributed by atoms with Crippen LogP contribution in [0.5, 0.6) is 17.2 Å². The van der Waals surface area contributed by atoms with Crippen LogP contribution in [0.4, 0.5) is 17.2 Å². The van der Waals surface area contributed by atoms with Crippen LogP contribution in [0.25, 0.3) is 50.1 Å². The van der Waals surface area contributed by atoms with E-state index in [0.717, 1.165) is 219 Å². The van der Waals surface area contributed by atoms with E-state index in [1.807, 2.05) is 229 Å². The monoisotopic (exact) mass is 1790 g/mol. The maximum Gasteiger partial charge on any atom is 0.354 e. The first-order chi connectivity index (χ1) is 59.5. The number of benzene rings is 6. The summed E-state index contributed by atoms with van der Waals surface area (Å²) in [5.74, 6) is 1.12. The summed E-state index contributed by atoms with van der Waals surface area (Å²) in [7, 11) is 5.77. The molecule has 0 spiro atoms. The molecule has 0 unspecified atom stereocenters. The van der Waals surface area contributed by atoms with Crippen LogP contribution in [0, 0.1) is 96.9 Å². The SMILES string of the molecule is Cc1cc(OCCCC2=C(C(=O)Nc3ccnc(C(=O)O)c3)Cc3c2ccc(Cl)c3-c2c(C)nn(C)c2C)cc(C)c1Cl.Cc1cccc(NC(=O)C2=C(CCCOc3cc(C)c(Cl)c(C)c3)c3ccc(Cl)c(-c4c(C)nn(C)c4C)c3C2)n1.Cc1cncc(NC(=O)C2=C(CCCOc3cc(C)c(Cl)c(C)c3)c3ccc(Cl)c(-c4c(C)nn(C)c4C)c3C2)c1. The summed E-state index contributed by atoms with van der Waals surface area (Å²) in [6.07, 6.45) is 10.2. The topological polar surface area (TPSA) is 244 Å². The molecule has 0 aliphatic heterocycles. The van der Waals surface area contributed by atoms with Crippen LogP contribution in [-0.4, -0.2) is 92.9 Å². The molecule has 3 aliphatic rings. The van der Waals surface area contributed by atoms with Gasteiger partial charge < -0.3 is 35.3 Å². The maximum absolute atomic E-state index is 13.8. The number of carboxylic acids is 1. The summed E-state index contributed by atoms with van der Waals surface area (Å²) in [6, 6.07) is 33.9. The van der Waals surface area contributed by atoms with Gasteiger partial charge in [0.2, 0.25) is 0 Å². The summed E-state index contributed by atoms with van der Waals surface area (Å²) < 4.78 is 23.8. The average molecular weight is 1800 g/mol. The molecule has 0 fully saturated rings. The molecule has 4 N–H and O–H groups in total. The number of anilines is 3. The Bertz CT molecular complexity index is 6110. The highest BCUT2D eigenvalue weighted by atomic mass is 35.5. The Hall–Kier alpha value is -11.4. The van der Waals surface area contributed by atoms with Crippen LogP contribution < -0.4 is 30.2 Å². The number of aryl methyl sites for hydroxylation is 14. The Morgan fingerprint density at radius 1 is 0.416 bits per heavy atom. The number of halogens is 6. The van der Waals surface area contributed by atoms with Crippen LogP contribution in [0.15, 0.2) is 145 Å². The van der Waals surface area contributed by atoms with Crippen LogP contribution in [0.2, 0.25) is 30.1 Å². The highest BCUT2D eigenvalue weighted by Gasteiger charge is 2.36. The Labute approximate surface area is 759 Å². The third-order valence-corrected chi connectivity index (χ3v) is 26.0. The normalized spacial score (nSPS) is 12.5. The summed E-state index contributed by atoms with van der Waals surface area (Å²) >= 11 is 39.5. The number of ether oxygens (including phenoxy) is 3. The van der Waals surface area contributed by atoms with Gasteiger partial charge in [0.25, 0.3) is 17.7 Å². The van der Waals surface area contributed by atoms with Crippen molar-refractivity contribution in [2.75, 3.05) is 35.8 Å². The standard InChI is InChI=1S/C33H32Cl2N4O4.2C33H34Cl2N4O2/c1-17-13-22(14-18(2)31(17)35)43-12-6-7-23-24-8-9-27(34)30(29-19(3)38-39(5)20(29)4)25(24)16-26(23)32(40)37-21-10-11-36-28(15-21)33(41)42;1-18-15-23(16-19(2)32(18)35)41-14-8-10-24-25-12-13-28(34)31(30-21(4)38-39(6)22(30)5)26(25)17-27(24)33(40)37-29-11-7-9-20(3)36-29;1-18-12-23(17-36-16-18)37-33(40)28-15-27-26(9-10-29(34)31(27)30-21(4)38-39(6)22(30)5)25(28)8-7-11-41-24-13-19(2)32(35)20(3)14-24/h8-11,13-15H,6-7,12,16H2,1-5H3,(H,41,42)(H,36,37,40);7,9,11-13,15-16H,8,10,14,17H2,1-6H3,(H,36,37,40);9-10,12-14,16-17H,7-8,11,15H2,1-6H3,(H,37,40). The largest absolute Gasteiger partial charge is 0.494 e. The van der Waals surface area contributed by atoms with Gasteiger partial charge in [0.15, 0.2) is 0 Å². The van der Waals surface area contributed by atoms with Crippen molar-refractivity contribution < 1.29 is 38.5 Å². The van der Waals surface area contributed by atoms with Crippen molar-refractivity contribution in [2.24, 2.45) is 21.1 Å². The first-order valence-electron chi connectivity index (χ1n) is 41.4. The Morgan fingerprint density at radius 2 is 0.768 bits per heavy atom. The van der Waals surface area contributed by atoms with Crippen LogP contribution in [-0.2, 0) is 54.8 Å². The van der Waals surface area contributed by atoms with Gasteiger partial charge >= 0.3 is 5.97 Å². The summed E-state index contributed by atoms with van der Waals surface area (Å²) in [4.78, 5) is 65.3. The van der Waals surface area contributed by atoms with E-state index in [2.05, 4.69) is 46.2 Å². The van der Waals surface area contributed by atoms with Gasteiger partial charge in [-0.2, -0.15) is 15.3 Å². The molecular weight excluding hydrogens is 1700 g/mol. The lowest BCUT2D eigenvalue weighted by atomic mass is 9.93. The smallest absolute Gasteiger partial charge is 0.354 e. The van der Waals surface area contributed by atoms with E-state index in [9.17, 15) is 24.3 Å². The fourth-order valence-electron chi connectivity index (χ4n) is 17.1. The quantitative estimate of drug-likeness (QED) is 0.0389. The van der Waals surface area contributed by atoms with Crippen LogP contribution >= 0.6 is 69.6 Å². The van der Waals surface area contributed by atoms with Crippen molar-refractivity contribution in [1.29, 1.82) is 0 Å². The van der Waals surface area contributed by atoms with E-state index in [1.54, 1.807) is 18.5 Å². The second kappa shape index (κ2) is 39.0. The molecule has 26 heteroatoms. The third kappa shape index (κ3) is 20.0. The lowest BCUT2D eigenvalue weighted by molar-refractivity contribution is -0.113. The molecule has 646 valence electrons. The second-order valence-electron chi connectivity index (χ2n) is 32.2. The van der Waals surface area contributed by atoms with Gasteiger partial charge in [0, 0.05) is 161 Å². The van der Waals surface area contributed by atoms with Crippen LogP contribution in [0.3, 0.4) is 0 Å². The summed E-state index contributed by atoms with van der Waals surface area (Å²) in [6.45, 7) is 29.2. The van der Waals surface area contributed by atoms with E-state index in [4.69, 9.17) is 83.8 Å².